The van der Waals surface area contributed by atoms with Crippen molar-refractivity contribution >= 4 is 10.8 Å². The fourth-order valence-corrected chi connectivity index (χ4v) is 4.35. The molecule has 0 spiro atoms. The highest BCUT2D eigenvalue weighted by Crippen LogP contribution is 2.36. The van der Waals surface area contributed by atoms with Gasteiger partial charge in [0.05, 0.1) is 0 Å². The quantitative estimate of drug-likeness (QED) is 0.293. The minimum absolute atomic E-state index is 1.25. The van der Waals surface area contributed by atoms with E-state index in [1.54, 1.807) is 0 Å². The molecular weight excluding hydrogens is 360 g/mol. The van der Waals surface area contributed by atoms with Gasteiger partial charge in [-0.1, -0.05) is 97.1 Å². The van der Waals surface area contributed by atoms with Gasteiger partial charge in [-0.2, -0.15) is 0 Å². The van der Waals surface area contributed by atoms with Gasteiger partial charge in [-0.25, -0.2) is 0 Å². The number of aryl methyl sites for hydroxylation is 2. The summed E-state index contributed by atoms with van der Waals surface area (Å²) in [5.74, 6) is 0. The molecule has 144 valence electrons. The SMILES string of the molecule is Cc1ccc(-c2ccccc2)cc1-c1cccc(-c2c(C)ccc3ccccc23)c1. The summed E-state index contributed by atoms with van der Waals surface area (Å²) in [6.45, 7) is 4.40. The van der Waals surface area contributed by atoms with Crippen LogP contribution in [0.2, 0.25) is 0 Å². The van der Waals surface area contributed by atoms with Crippen LogP contribution < -0.4 is 0 Å². The molecule has 0 amide bonds. The van der Waals surface area contributed by atoms with Crippen LogP contribution in [-0.4, -0.2) is 0 Å². The predicted molar refractivity (Wildman–Crippen MR) is 130 cm³/mol. The van der Waals surface area contributed by atoms with E-state index in [0.717, 1.165) is 0 Å². The maximum atomic E-state index is 2.34. The molecule has 0 aliphatic heterocycles. The first-order valence-electron chi connectivity index (χ1n) is 10.5. The zero-order chi connectivity index (χ0) is 20.5. The summed E-state index contributed by atoms with van der Waals surface area (Å²) < 4.78 is 0. The van der Waals surface area contributed by atoms with Crippen LogP contribution in [0.15, 0.2) is 109 Å². The van der Waals surface area contributed by atoms with E-state index in [1.165, 1.54) is 55.3 Å². The molecule has 0 bridgehead atoms. The van der Waals surface area contributed by atoms with Gasteiger partial charge in [0.15, 0.2) is 0 Å². The van der Waals surface area contributed by atoms with Crippen LogP contribution in [0.1, 0.15) is 11.1 Å². The smallest absolute Gasteiger partial charge is 0.00759 e. The molecule has 0 aliphatic rings. The number of rotatable bonds is 3. The number of hydrogen-bond donors (Lipinski definition) is 0. The maximum absolute atomic E-state index is 2.34. The first-order chi connectivity index (χ1) is 14.7. The van der Waals surface area contributed by atoms with Crippen molar-refractivity contribution in [1.29, 1.82) is 0 Å². The molecule has 0 atom stereocenters. The largest absolute Gasteiger partial charge is 0.0622 e. The number of fused-ring (bicyclic) bond motifs is 1. The Morgan fingerprint density at radius 2 is 1.13 bits per heavy atom. The van der Waals surface area contributed by atoms with Gasteiger partial charge in [0, 0.05) is 0 Å². The van der Waals surface area contributed by atoms with Crippen molar-refractivity contribution in [3.63, 3.8) is 0 Å². The highest BCUT2D eigenvalue weighted by molar-refractivity contribution is 5.99. The van der Waals surface area contributed by atoms with E-state index in [-0.39, 0.29) is 0 Å². The molecule has 0 saturated heterocycles. The summed E-state index contributed by atoms with van der Waals surface area (Å²) >= 11 is 0. The Balaban J connectivity index is 1.67. The summed E-state index contributed by atoms with van der Waals surface area (Å²) in [6.07, 6.45) is 0. The van der Waals surface area contributed by atoms with E-state index in [0.29, 0.717) is 0 Å². The Morgan fingerprint density at radius 1 is 0.433 bits per heavy atom. The second kappa shape index (κ2) is 7.65. The van der Waals surface area contributed by atoms with Crippen molar-refractivity contribution < 1.29 is 0 Å². The molecule has 30 heavy (non-hydrogen) atoms. The summed E-state index contributed by atoms with van der Waals surface area (Å²) in [6, 6.07) is 39.4. The normalized spacial score (nSPS) is 11.0. The molecule has 0 heteroatoms. The lowest BCUT2D eigenvalue weighted by molar-refractivity contribution is 1.45. The number of hydrogen-bond acceptors (Lipinski definition) is 0. The van der Waals surface area contributed by atoms with Crippen LogP contribution >= 0.6 is 0 Å². The second-order valence-electron chi connectivity index (χ2n) is 7.96. The summed E-state index contributed by atoms with van der Waals surface area (Å²) in [5.41, 5.74) is 10.2. The Hall–Kier alpha value is -3.64. The lowest BCUT2D eigenvalue weighted by Crippen LogP contribution is -1.89. The standard InChI is InChI=1S/C30H24/c1-21-15-18-25(23-9-4-3-5-10-23)20-29(21)26-12-8-13-27(19-26)30-22(2)16-17-24-11-6-7-14-28(24)30/h3-20H,1-2H3. The predicted octanol–water partition coefficient (Wildman–Crippen LogP) is 8.46. The van der Waals surface area contributed by atoms with Crippen molar-refractivity contribution in [3.05, 3.63) is 120 Å². The van der Waals surface area contributed by atoms with Crippen LogP contribution in [0.3, 0.4) is 0 Å². The maximum Gasteiger partial charge on any atom is -0.00759 e. The lowest BCUT2D eigenvalue weighted by Gasteiger charge is -2.14. The first-order valence-corrected chi connectivity index (χ1v) is 10.5. The molecule has 5 aromatic rings. The molecule has 5 aromatic carbocycles. The van der Waals surface area contributed by atoms with E-state index in [9.17, 15) is 0 Å². The van der Waals surface area contributed by atoms with Gasteiger partial charge < -0.3 is 0 Å². The topological polar surface area (TPSA) is 0 Å². The van der Waals surface area contributed by atoms with Crippen molar-refractivity contribution in [1.82, 2.24) is 0 Å². The van der Waals surface area contributed by atoms with Crippen LogP contribution in [-0.2, 0) is 0 Å². The fraction of sp³-hybridized carbons (Fsp3) is 0.0667. The third-order valence-corrected chi connectivity index (χ3v) is 5.94. The van der Waals surface area contributed by atoms with Crippen molar-refractivity contribution in [2.75, 3.05) is 0 Å². The van der Waals surface area contributed by atoms with Crippen molar-refractivity contribution in [2.24, 2.45) is 0 Å². The fourth-order valence-electron chi connectivity index (χ4n) is 4.35. The van der Waals surface area contributed by atoms with Gasteiger partial charge >= 0.3 is 0 Å². The monoisotopic (exact) mass is 384 g/mol. The molecule has 0 aromatic heterocycles. The minimum Gasteiger partial charge on any atom is -0.0622 e. The van der Waals surface area contributed by atoms with Crippen molar-refractivity contribution in [3.8, 4) is 33.4 Å². The van der Waals surface area contributed by atoms with Crippen molar-refractivity contribution in [2.45, 2.75) is 13.8 Å². The molecule has 0 heterocycles. The molecule has 0 nitrogen and oxygen atoms in total. The molecule has 0 fully saturated rings. The van der Waals surface area contributed by atoms with Crippen LogP contribution in [0.25, 0.3) is 44.2 Å². The summed E-state index contributed by atoms with van der Waals surface area (Å²) in [5, 5.41) is 2.59. The molecule has 0 N–H and O–H groups in total. The van der Waals surface area contributed by atoms with E-state index in [4.69, 9.17) is 0 Å². The van der Waals surface area contributed by atoms with Crippen LogP contribution in [0, 0.1) is 13.8 Å². The van der Waals surface area contributed by atoms with Crippen LogP contribution in [0.5, 0.6) is 0 Å². The van der Waals surface area contributed by atoms with E-state index in [2.05, 4.69) is 123 Å². The van der Waals surface area contributed by atoms with Gasteiger partial charge in [0.25, 0.3) is 0 Å². The lowest BCUT2D eigenvalue weighted by atomic mass is 9.90. The highest BCUT2D eigenvalue weighted by atomic mass is 14.1. The Kier molecular flexibility index (Phi) is 4.69. The highest BCUT2D eigenvalue weighted by Gasteiger charge is 2.10. The molecule has 0 unspecified atom stereocenters. The zero-order valence-corrected chi connectivity index (χ0v) is 17.4. The van der Waals surface area contributed by atoms with Gasteiger partial charge in [-0.3, -0.25) is 0 Å². The van der Waals surface area contributed by atoms with Gasteiger partial charge in [-0.15, -0.1) is 0 Å². The first kappa shape index (κ1) is 18.4. The molecule has 0 radical (unpaired) electrons. The van der Waals surface area contributed by atoms with Gasteiger partial charge in [-0.05, 0) is 81.3 Å². The molecule has 0 saturated carbocycles. The Morgan fingerprint density at radius 3 is 2.00 bits per heavy atom. The Labute approximate surface area is 178 Å². The second-order valence-corrected chi connectivity index (χ2v) is 7.96. The summed E-state index contributed by atoms with van der Waals surface area (Å²) in [4.78, 5) is 0. The average Bonchev–Trinajstić information content (AvgIpc) is 2.80. The van der Waals surface area contributed by atoms with Crippen LogP contribution in [0.4, 0.5) is 0 Å². The van der Waals surface area contributed by atoms with E-state index < -0.39 is 0 Å². The van der Waals surface area contributed by atoms with Gasteiger partial charge in [0.1, 0.15) is 0 Å². The Bertz CT molecular complexity index is 1340. The third kappa shape index (κ3) is 3.31. The average molecular weight is 385 g/mol. The third-order valence-electron chi connectivity index (χ3n) is 5.94. The van der Waals surface area contributed by atoms with E-state index in [1.807, 2.05) is 0 Å². The molecule has 5 rings (SSSR count). The van der Waals surface area contributed by atoms with E-state index >= 15 is 0 Å². The minimum atomic E-state index is 1.25. The number of benzene rings is 5. The zero-order valence-electron chi connectivity index (χ0n) is 17.4. The summed E-state index contributed by atoms with van der Waals surface area (Å²) in [7, 11) is 0. The van der Waals surface area contributed by atoms with Gasteiger partial charge in [0.2, 0.25) is 0 Å². The molecule has 0 aliphatic carbocycles. The molecular formula is C30H24.